The summed E-state index contributed by atoms with van der Waals surface area (Å²) in [7, 11) is 0. The first-order valence-electron chi connectivity index (χ1n) is 8.84. The topological polar surface area (TPSA) is 26.3 Å². The van der Waals surface area contributed by atoms with Crippen molar-refractivity contribution < 1.29 is 9.53 Å². The number of ether oxygens (including phenoxy) is 1. The van der Waals surface area contributed by atoms with E-state index in [0.717, 1.165) is 19.3 Å². The Kier molecular flexibility index (Phi) is 12.1. The van der Waals surface area contributed by atoms with Gasteiger partial charge >= 0.3 is 0 Å². The molecular formula is C18H36O2. The summed E-state index contributed by atoms with van der Waals surface area (Å²) in [6.07, 6.45) is 12.5. The van der Waals surface area contributed by atoms with Crippen LogP contribution in [0.4, 0.5) is 0 Å². The molecule has 0 aromatic carbocycles. The van der Waals surface area contributed by atoms with Crippen LogP contribution in [0.2, 0.25) is 0 Å². The van der Waals surface area contributed by atoms with E-state index in [0.29, 0.717) is 18.8 Å². The molecule has 2 heteroatoms. The van der Waals surface area contributed by atoms with Gasteiger partial charge in [-0.2, -0.15) is 0 Å². The zero-order chi connectivity index (χ0) is 15.3. The Morgan fingerprint density at radius 1 is 0.800 bits per heavy atom. The fraction of sp³-hybridized carbons (Fsp3) is 0.944. The number of Topliss-reactive ketones (excluding diaryl/α,β-unsaturated/α-hetero) is 1. The van der Waals surface area contributed by atoms with Crippen LogP contribution in [0, 0.1) is 0 Å². The lowest BCUT2D eigenvalue weighted by Gasteiger charge is -2.30. The van der Waals surface area contributed by atoms with E-state index in [4.69, 9.17) is 4.74 Å². The van der Waals surface area contributed by atoms with Crippen LogP contribution >= 0.6 is 0 Å². The van der Waals surface area contributed by atoms with Gasteiger partial charge in [-0.1, -0.05) is 65.7 Å². The summed E-state index contributed by atoms with van der Waals surface area (Å²) in [5, 5.41) is 0. The smallest absolute Gasteiger partial charge is 0.164 e. The van der Waals surface area contributed by atoms with E-state index in [2.05, 4.69) is 20.8 Å². The SMILES string of the molecule is CCCCCCCCCCC(=O)C(CC)(CC)OCC. The number of carbonyl (C=O) groups is 1. The summed E-state index contributed by atoms with van der Waals surface area (Å²) in [5.41, 5.74) is -0.504. The van der Waals surface area contributed by atoms with E-state index >= 15 is 0 Å². The Hall–Kier alpha value is -0.370. The zero-order valence-electron chi connectivity index (χ0n) is 14.3. The fourth-order valence-corrected chi connectivity index (χ4v) is 2.85. The van der Waals surface area contributed by atoms with E-state index in [9.17, 15) is 4.79 Å². The Morgan fingerprint density at radius 3 is 1.75 bits per heavy atom. The molecule has 0 fully saturated rings. The van der Waals surface area contributed by atoms with Crippen LogP contribution in [0.3, 0.4) is 0 Å². The van der Waals surface area contributed by atoms with Gasteiger partial charge in [0.15, 0.2) is 5.78 Å². The Labute approximate surface area is 126 Å². The number of unbranched alkanes of at least 4 members (excludes halogenated alkanes) is 7. The van der Waals surface area contributed by atoms with Gasteiger partial charge in [0.1, 0.15) is 5.60 Å². The summed E-state index contributed by atoms with van der Waals surface area (Å²) in [6, 6.07) is 0. The van der Waals surface area contributed by atoms with E-state index in [1.54, 1.807) is 0 Å². The molecule has 0 aliphatic heterocycles. The zero-order valence-corrected chi connectivity index (χ0v) is 14.3. The molecule has 0 amide bonds. The summed E-state index contributed by atoms with van der Waals surface area (Å²) in [5.74, 6) is 0.315. The fourth-order valence-electron chi connectivity index (χ4n) is 2.85. The third-order valence-corrected chi connectivity index (χ3v) is 4.33. The van der Waals surface area contributed by atoms with Gasteiger partial charge in [-0.15, -0.1) is 0 Å². The van der Waals surface area contributed by atoms with Crippen LogP contribution in [-0.4, -0.2) is 18.0 Å². The molecule has 120 valence electrons. The predicted molar refractivity (Wildman–Crippen MR) is 87.2 cm³/mol. The van der Waals surface area contributed by atoms with Crippen LogP contribution in [0.15, 0.2) is 0 Å². The third-order valence-electron chi connectivity index (χ3n) is 4.33. The molecule has 0 N–H and O–H groups in total. The average Bonchev–Trinajstić information content (AvgIpc) is 2.47. The molecule has 0 bridgehead atoms. The minimum absolute atomic E-state index is 0.315. The van der Waals surface area contributed by atoms with E-state index in [1.807, 2.05) is 6.92 Å². The predicted octanol–water partition coefficient (Wildman–Crippen LogP) is 5.68. The first kappa shape index (κ1) is 19.6. The Morgan fingerprint density at radius 2 is 1.30 bits per heavy atom. The van der Waals surface area contributed by atoms with Crippen molar-refractivity contribution in [2.75, 3.05) is 6.61 Å². The van der Waals surface area contributed by atoms with Crippen molar-refractivity contribution in [3.63, 3.8) is 0 Å². The van der Waals surface area contributed by atoms with Crippen molar-refractivity contribution in [1.29, 1.82) is 0 Å². The number of carbonyl (C=O) groups excluding carboxylic acids is 1. The van der Waals surface area contributed by atoms with E-state index in [-0.39, 0.29) is 0 Å². The van der Waals surface area contributed by atoms with Gasteiger partial charge in [0.25, 0.3) is 0 Å². The highest BCUT2D eigenvalue weighted by atomic mass is 16.5. The Bertz CT molecular complexity index is 232. The first-order chi connectivity index (χ1) is 9.66. The molecular weight excluding hydrogens is 248 g/mol. The number of hydrogen-bond acceptors (Lipinski definition) is 2. The van der Waals surface area contributed by atoms with Crippen molar-refractivity contribution in [1.82, 2.24) is 0 Å². The molecule has 0 unspecified atom stereocenters. The molecule has 2 nitrogen and oxygen atoms in total. The van der Waals surface area contributed by atoms with Gasteiger partial charge in [-0.05, 0) is 26.2 Å². The van der Waals surface area contributed by atoms with Crippen molar-refractivity contribution in [3.05, 3.63) is 0 Å². The standard InChI is InChI=1S/C18H36O2/c1-5-9-10-11-12-13-14-15-16-17(19)18(6-2,7-3)20-8-4/h5-16H2,1-4H3. The van der Waals surface area contributed by atoms with Gasteiger partial charge in [0.2, 0.25) is 0 Å². The summed E-state index contributed by atoms with van der Waals surface area (Å²) in [4.78, 5) is 12.4. The van der Waals surface area contributed by atoms with Crippen molar-refractivity contribution in [2.45, 2.75) is 104 Å². The van der Waals surface area contributed by atoms with Gasteiger partial charge in [-0.25, -0.2) is 0 Å². The lowest BCUT2D eigenvalue weighted by Crippen LogP contribution is -2.40. The van der Waals surface area contributed by atoms with E-state index in [1.165, 1.54) is 44.9 Å². The molecule has 0 saturated carbocycles. The van der Waals surface area contributed by atoms with Crippen LogP contribution in [0.5, 0.6) is 0 Å². The second-order valence-electron chi connectivity index (χ2n) is 5.78. The number of ketones is 1. The van der Waals surface area contributed by atoms with Gasteiger partial charge in [-0.3, -0.25) is 4.79 Å². The molecule has 0 aromatic rings. The third kappa shape index (κ3) is 7.42. The maximum absolute atomic E-state index is 12.4. The van der Waals surface area contributed by atoms with E-state index < -0.39 is 5.60 Å². The van der Waals surface area contributed by atoms with Crippen molar-refractivity contribution in [3.8, 4) is 0 Å². The highest BCUT2D eigenvalue weighted by Crippen LogP contribution is 2.24. The van der Waals surface area contributed by atoms with Gasteiger partial charge in [0, 0.05) is 13.0 Å². The first-order valence-corrected chi connectivity index (χ1v) is 8.84. The molecule has 0 heterocycles. The minimum atomic E-state index is -0.504. The summed E-state index contributed by atoms with van der Waals surface area (Å²) in [6.45, 7) is 8.97. The molecule has 0 aromatic heterocycles. The number of rotatable bonds is 14. The molecule has 0 aliphatic carbocycles. The maximum Gasteiger partial charge on any atom is 0.164 e. The molecule has 20 heavy (non-hydrogen) atoms. The summed E-state index contributed by atoms with van der Waals surface area (Å²) >= 11 is 0. The van der Waals surface area contributed by atoms with Crippen LogP contribution in [0.25, 0.3) is 0 Å². The quantitative estimate of drug-likeness (QED) is 0.383. The highest BCUT2D eigenvalue weighted by molar-refractivity contribution is 5.87. The average molecular weight is 284 g/mol. The largest absolute Gasteiger partial charge is 0.368 e. The van der Waals surface area contributed by atoms with Crippen LogP contribution in [0.1, 0.15) is 98.3 Å². The Balaban J connectivity index is 3.80. The monoisotopic (exact) mass is 284 g/mol. The lowest BCUT2D eigenvalue weighted by atomic mass is 9.88. The second kappa shape index (κ2) is 12.4. The number of hydrogen-bond donors (Lipinski definition) is 0. The molecule has 0 radical (unpaired) electrons. The second-order valence-corrected chi connectivity index (χ2v) is 5.78. The van der Waals surface area contributed by atoms with Crippen LogP contribution < -0.4 is 0 Å². The molecule has 0 aliphatic rings. The summed E-state index contributed by atoms with van der Waals surface area (Å²) < 4.78 is 5.76. The van der Waals surface area contributed by atoms with Gasteiger partial charge < -0.3 is 4.74 Å². The minimum Gasteiger partial charge on any atom is -0.368 e. The van der Waals surface area contributed by atoms with Crippen molar-refractivity contribution in [2.24, 2.45) is 0 Å². The normalized spacial score (nSPS) is 11.8. The lowest BCUT2D eigenvalue weighted by molar-refractivity contribution is -0.145. The maximum atomic E-state index is 12.4. The van der Waals surface area contributed by atoms with Crippen molar-refractivity contribution >= 4 is 5.78 Å². The van der Waals surface area contributed by atoms with Crippen LogP contribution in [-0.2, 0) is 9.53 Å². The molecule has 0 atom stereocenters. The molecule has 0 saturated heterocycles. The molecule has 0 spiro atoms. The molecule has 0 rings (SSSR count). The van der Waals surface area contributed by atoms with Gasteiger partial charge in [0.05, 0.1) is 0 Å². The highest BCUT2D eigenvalue weighted by Gasteiger charge is 2.34.